The minimum absolute atomic E-state index is 0.0823. The third-order valence-corrected chi connectivity index (χ3v) is 3.46. The van der Waals surface area contributed by atoms with E-state index in [-0.39, 0.29) is 5.91 Å². The molecule has 0 rings (SSSR count). The normalized spacial score (nSPS) is 11.0. The highest BCUT2D eigenvalue weighted by atomic mass is 16.5. The van der Waals surface area contributed by atoms with Gasteiger partial charge in [-0.15, -0.1) is 0 Å². The van der Waals surface area contributed by atoms with Crippen LogP contribution in [0, 0.1) is 0 Å². The lowest BCUT2D eigenvalue weighted by Crippen LogP contribution is -2.25. The molecule has 7 nitrogen and oxygen atoms in total. The first kappa shape index (κ1) is 25.3. The molecule has 2 N–H and O–H groups in total. The fourth-order valence-corrected chi connectivity index (χ4v) is 2.09. The Hall–Kier alpha value is -0.730. The number of carbonyl (C=O) groups is 1. The number of ether oxygens (including phenoxy) is 4. The molecule has 0 aliphatic heterocycles. The van der Waals surface area contributed by atoms with Gasteiger partial charge in [-0.2, -0.15) is 0 Å². The minimum atomic E-state index is 0.0823. The smallest absolute Gasteiger partial charge is 0.220 e. The number of carbonyl (C=O) groups excluding carboxylic acids is 1. The zero-order valence-corrected chi connectivity index (χ0v) is 16.9. The van der Waals surface area contributed by atoms with Crippen LogP contribution in [-0.2, 0) is 23.7 Å². The van der Waals surface area contributed by atoms with Crippen molar-refractivity contribution in [3.63, 3.8) is 0 Å². The van der Waals surface area contributed by atoms with Crippen LogP contribution < -0.4 is 10.6 Å². The van der Waals surface area contributed by atoms with Gasteiger partial charge in [0.1, 0.15) is 0 Å². The molecule has 0 spiro atoms. The predicted octanol–water partition coefficient (Wildman–Crippen LogP) is 1.75. The summed E-state index contributed by atoms with van der Waals surface area (Å²) in [7, 11) is 0. The van der Waals surface area contributed by atoms with Gasteiger partial charge in [-0.05, 0) is 38.8 Å². The van der Waals surface area contributed by atoms with Crippen molar-refractivity contribution in [2.45, 2.75) is 46.0 Å². The second-order valence-corrected chi connectivity index (χ2v) is 5.96. The van der Waals surface area contributed by atoms with E-state index in [9.17, 15) is 4.79 Å². The molecule has 0 aromatic rings. The first-order chi connectivity index (χ1) is 12.8. The van der Waals surface area contributed by atoms with Crippen molar-refractivity contribution in [3.05, 3.63) is 0 Å². The number of nitrogens with one attached hydrogen (secondary N) is 2. The maximum Gasteiger partial charge on any atom is 0.220 e. The molecule has 0 bridgehead atoms. The summed E-state index contributed by atoms with van der Waals surface area (Å²) in [5.41, 5.74) is 0. The van der Waals surface area contributed by atoms with E-state index in [1.54, 1.807) is 0 Å². The van der Waals surface area contributed by atoms with Crippen LogP contribution >= 0.6 is 0 Å². The van der Waals surface area contributed by atoms with Crippen molar-refractivity contribution in [2.75, 3.05) is 72.5 Å². The summed E-state index contributed by atoms with van der Waals surface area (Å²) >= 11 is 0. The highest BCUT2D eigenvalue weighted by Gasteiger charge is 2.00. The van der Waals surface area contributed by atoms with Gasteiger partial charge in [0.2, 0.25) is 5.91 Å². The van der Waals surface area contributed by atoms with Gasteiger partial charge in [0.25, 0.3) is 0 Å². The van der Waals surface area contributed by atoms with Crippen LogP contribution in [0.25, 0.3) is 0 Å². The minimum Gasteiger partial charge on any atom is -0.381 e. The van der Waals surface area contributed by atoms with E-state index in [0.717, 1.165) is 52.0 Å². The molecule has 0 heterocycles. The molecule has 0 saturated carbocycles. The summed E-state index contributed by atoms with van der Waals surface area (Å²) < 4.78 is 21.7. The molecule has 0 unspecified atom stereocenters. The summed E-state index contributed by atoms with van der Waals surface area (Å²) in [6.07, 6.45) is 4.16. The Kier molecular flexibility index (Phi) is 21.7. The lowest BCUT2D eigenvalue weighted by Gasteiger charge is -2.08. The van der Waals surface area contributed by atoms with E-state index in [0.29, 0.717) is 52.6 Å². The maximum absolute atomic E-state index is 11.6. The topological polar surface area (TPSA) is 78.1 Å². The highest BCUT2D eigenvalue weighted by Crippen LogP contribution is 1.92. The first-order valence-corrected chi connectivity index (χ1v) is 10.1. The van der Waals surface area contributed by atoms with E-state index >= 15 is 0 Å². The van der Waals surface area contributed by atoms with Crippen LogP contribution in [0.15, 0.2) is 0 Å². The molecule has 0 aromatic carbocycles. The summed E-state index contributed by atoms with van der Waals surface area (Å²) in [6.45, 7) is 12.0. The molecule has 0 aliphatic carbocycles. The average molecular weight is 377 g/mol. The van der Waals surface area contributed by atoms with Crippen molar-refractivity contribution in [1.82, 2.24) is 10.6 Å². The van der Waals surface area contributed by atoms with E-state index in [2.05, 4.69) is 24.5 Å². The molecule has 7 heteroatoms. The second kappa shape index (κ2) is 22.3. The van der Waals surface area contributed by atoms with E-state index < -0.39 is 0 Å². The molecule has 156 valence electrons. The standard InChI is InChI=1S/C19H40N2O5/c1-3-11-23-12-5-8-19(22)21-10-7-14-25-16-18-26-17-15-24-13-6-9-20-4-2/h20H,3-18H2,1-2H3,(H,21,22). The SMILES string of the molecule is CCCOCCCC(=O)NCCCOCCOCCOCCCNCC. The van der Waals surface area contributed by atoms with Gasteiger partial charge < -0.3 is 29.6 Å². The molecule has 0 atom stereocenters. The molecule has 0 fully saturated rings. The highest BCUT2D eigenvalue weighted by molar-refractivity contribution is 5.75. The summed E-state index contributed by atoms with van der Waals surface area (Å²) in [4.78, 5) is 11.6. The zero-order chi connectivity index (χ0) is 19.1. The lowest BCUT2D eigenvalue weighted by molar-refractivity contribution is -0.121. The van der Waals surface area contributed by atoms with Gasteiger partial charge in [0.05, 0.1) is 26.4 Å². The van der Waals surface area contributed by atoms with Crippen LogP contribution in [0.4, 0.5) is 0 Å². The Bertz CT molecular complexity index is 293. The van der Waals surface area contributed by atoms with E-state index in [1.165, 1.54) is 0 Å². The van der Waals surface area contributed by atoms with Gasteiger partial charge in [0.15, 0.2) is 0 Å². The van der Waals surface area contributed by atoms with Crippen molar-refractivity contribution >= 4 is 5.91 Å². The number of amides is 1. The third-order valence-electron chi connectivity index (χ3n) is 3.46. The third kappa shape index (κ3) is 21.3. The Morgan fingerprint density at radius 3 is 1.85 bits per heavy atom. The molecule has 0 aliphatic rings. The molecule has 0 saturated heterocycles. The van der Waals surface area contributed by atoms with E-state index in [4.69, 9.17) is 18.9 Å². The van der Waals surface area contributed by atoms with Crippen LogP contribution in [-0.4, -0.2) is 78.4 Å². The van der Waals surface area contributed by atoms with Gasteiger partial charge in [0, 0.05) is 39.4 Å². The zero-order valence-electron chi connectivity index (χ0n) is 16.9. The molecule has 0 aromatic heterocycles. The number of hydrogen-bond donors (Lipinski definition) is 2. The van der Waals surface area contributed by atoms with Crippen LogP contribution in [0.1, 0.15) is 46.0 Å². The molecule has 1 amide bonds. The van der Waals surface area contributed by atoms with Crippen LogP contribution in [0.5, 0.6) is 0 Å². The Balaban J connectivity index is 3.09. The summed E-state index contributed by atoms with van der Waals surface area (Å²) in [6, 6.07) is 0. The Morgan fingerprint density at radius 2 is 1.23 bits per heavy atom. The van der Waals surface area contributed by atoms with Crippen LogP contribution in [0.2, 0.25) is 0 Å². The lowest BCUT2D eigenvalue weighted by atomic mass is 10.3. The average Bonchev–Trinajstić information content (AvgIpc) is 2.64. The van der Waals surface area contributed by atoms with Crippen molar-refractivity contribution in [2.24, 2.45) is 0 Å². The summed E-state index contributed by atoms with van der Waals surface area (Å²) in [5.74, 6) is 0.0823. The van der Waals surface area contributed by atoms with Crippen molar-refractivity contribution in [3.8, 4) is 0 Å². The number of rotatable bonds is 21. The Labute approximate surface area is 159 Å². The molecular formula is C19H40N2O5. The van der Waals surface area contributed by atoms with Gasteiger partial charge in [-0.25, -0.2) is 0 Å². The second-order valence-electron chi connectivity index (χ2n) is 5.96. The fourth-order valence-electron chi connectivity index (χ4n) is 2.09. The first-order valence-electron chi connectivity index (χ1n) is 10.1. The number of hydrogen-bond acceptors (Lipinski definition) is 6. The van der Waals surface area contributed by atoms with E-state index in [1.807, 2.05) is 0 Å². The molecule has 0 radical (unpaired) electrons. The predicted molar refractivity (Wildman–Crippen MR) is 104 cm³/mol. The van der Waals surface area contributed by atoms with Crippen molar-refractivity contribution < 1.29 is 23.7 Å². The Morgan fingerprint density at radius 1 is 0.692 bits per heavy atom. The monoisotopic (exact) mass is 376 g/mol. The van der Waals surface area contributed by atoms with Gasteiger partial charge in [-0.1, -0.05) is 13.8 Å². The maximum atomic E-state index is 11.6. The molecular weight excluding hydrogens is 336 g/mol. The van der Waals surface area contributed by atoms with Crippen molar-refractivity contribution in [1.29, 1.82) is 0 Å². The van der Waals surface area contributed by atoms with Gasteiger partial charge >= 0.3 is 0 Å². The van der Waals surface area contributed by atoms with Crippen LogP contribution in [0.3, 0.4) is 0 Å². The quantitative estimate of drug-likeness (QED) is 0.297. The summed E-state index contributed by atoms with van der Waals surface area (Å²) in [5, 5.41) is 6.14. The van der Waals surface area contributed by atoms with Gasteiger partial charge in [-0.3, -0.25) is 4.79 Å². The largest absolute Gasteiger partial charge is 0.381 e. The fraction of sp³-hybridized carbons (Fsp3) is 0.947. The molecule has 26 heavy (non-hydrogen) atoms.